The molecule has 0 radical (unpaired) electrons. The van der Waals surface area contributed by atoms with E-state index in [-0.39, 0.29) is 17.5 Å². The Morgan fingerprint density at radius 1 is 1.14 bits per heavy atom. The molecule has 0 atom stereocenters. The lowest BCUT2D eigenvalue weighted by molar-refractivity contribution is 0.224. The molecule has 0 unspecified atom stereocenters. The second-order valence-corrected chi connectivity index (χ2v) is 5.60. The monoisotopic (exact) mass is 298 g/mol. The number of rotatable bonds is 1. The van der Waals surface area contributed by atoms with Crippen molar-refractivity contribution in [2.75, 3.05) is 25.5 Å². The molecule has 5 heteroatoms. The van der Waals surface area contributed by atoms with E-state index in [0.717, 1.165) is 28.8 Å². The molecule has 0 aliphatic carbocycles. The van der Waals surface area contributed by atoms with Crippen LogP contribution in [0.5, 0.6) is 11.5 Å². The smallest absolute Gasteiger partial charge is 0.323 e. The van der Waals surface area contributed by atoms with E-state index >= 15 is 0 Å². The molecule has 2 aromatic carbocycles. The van der Waals surface area contributed by atoms with Crippen molar-refractivity contribution in [2.45, 2.75) is 6.42 Å². The average Bonchev–Trinajstić information content (AvgIpc) is 2.93. The number of benzene rings is 2. The van der Waals surface area contributed by atoms with Crippen molar-refractivity contribution in [1.82, 2.24) is 4.90 Å². The van der Waals surface area contributed by atoms with Crippen LogP contribution in [0.2, 0.25) is 0 Å². The average molecular weight is 298 g/mol. The number of fused-ring (bicyclic) bond motifs is 1. The van der Waals surface area contributed by atoms with Gasteiger partial charge >= 0.3 is 6.03 Å². The van der Waals surface area contributed by atoms with E-state index in [1.165, 1.54) is 12.1 Å². The summed E-state index contributed by atoms with van der Waals surface area (Å²) in [6, 6.07) is 10.5. The lowest BCUT2D eigenvalue weighted by atomic mass is 10.00. The third-order valence-electron chi connectivity index (χ3n) is 3.89. The number of hydrogen-bond donors (Lipinski definition) is 2. The van der Waals surface area contributed by atoms with E-state index in [9.17, 15) is 15.0 Å². The highest BCUT2D eigenvalue weighted by atomic mass is 16.3. The molecule has 5 nitrogen and oxygen atoms in total. The molecule has 3 rings (SSSR count). The summed E-state index contributed by atoms with van der Waals surface area (Å²) in [6.45, 7) is 0.646. The standard InChI is InChI=1S/C17H18N2O3/c1-18(2)17(22)19-9-8-11-4-3-5-13(16(11)19)12-6-7-14(20)15(21)10-12/h3-7,10,20-21H,8-9H2,1-2H3. The first kappa shape index (κ1) is 14.3. The van der Waals surface area contributed by atoms with Gasteiger partial charge in [0.1, 0.15) is 0 Å². The number of anilines is 1. The summed E-state index contributed by atoms with van der Waals surface area (Å²) in [5.74, 6) is -0.323. The van der Waals surface area contributed by atoms with Gasteiger partial charge in [0, 0.05) is 26.2 Å². The minimum Gasteiger partial charge on any atom is -0.504 e. The predicted molar refractivity (Wildman–Crippen MR) is 85.3 cm³/mol. The third kappa shape index (κ3) is 2.24. The quantitative estimate of drug-likeness (QED) is 0.796. The van der Waals surface area contributed by atoms with Crippen LogP contribution in [-0.2, 0) is 6.42 Å². The Morgan fingerprint density at radius 2 is 1.91 bits per heavy atom. The predicted octanol–water partition coefficient (Wildman–Crippen LogP) is 2.81. The Labute approximate surface area is 129 Å². The van der Waals surface area contributed by atoms with Gasteiger partial charge in [-0.3, -0.25) is 4.90 Å². The molecule has 0 saturated heterocycles. The molecule has 22 heavy (non-hydrogen) atoms. The van der Waals surface area contributed by atoms with Crippen LogP contribution in [0.15, 0.2) is 36.4 Å². The zero-order valence-electron chi connectivity index (χ0n) is 12.6. The number of nitrogens with zero attached hydrogens (tertiary/aromatic N) is 2. The van der Waals surface area contributed by atoms with Crippen molar-refractivity contribution >= 4 is 11.7 Å². The number of phenolic OH excluding ortho intramolecular Hbond substituents is 2. The number of hydrogen-bond acceptors (Lipinski definition) is 3. The molecule has 0 saturated carbocycles. The Morgan fingerprint density at radius 3 is 2.59 bits per heavy atom. The summed E-state index contributed by atoms with van der Waals surface area (Å²) >= 11 is 0. The van der Waals surface area contributed by atoms with E-state index in [0.29, 0.717) is 6.54 Å². The van der Waals surface area contributed by atoms with Gasteiger partial charge in [-0.25, -0.2) is 4.79 Å². The Balaban J connectivity index is 2.13. The molecule has 2 N–H and O–H groups in total. The molecule has 0 fully saturated rings. The first-order valence-corrected chi connectivity index (χ1v) is 7.12. The molecular formula is C17H18N2O3. The molecule has 2 aromatic rings. The topological polar surface area (TPSA) is 64.0 Å². The molecule has 0 bridgehead atoms. The van der Waals surface area contributed by atoms with Crippen LogP contribution in [0.25, 0.3) is 11.1 Å². The summed E-state index contributed by atoms with van der Waals surface area (Å²) in [5, 5.41) is 19.2. The number of para-hydroxylation sites is 1. The Kier molecular flexibility index (Phi) is 3.41. The first-order valence-electron chi connectivity index (χ1n) is 7.12. The van der Waals surface area contributed by atoms with Crippen LogP contribution in [0.3, 0.4) is 0 Å². The minimum absolute atomic E-state index is 0.0609. The van der Waals surface area contributed by atoms with Crippen molar-refractivity contribution in [3.63, 3.8) is 0 Å². The summed E-state index contributed by atoms with van der Waals surface area (Å²) in [4.78, 5) is 15.7. The van der Waals surface area contributed by atoms with E-state index in [1.54, 1.807) is 30.0 Å². The van der Waals surface area contributed by atoms with E-state index in [1.807, 2.05) is 18.2 Å². The van der Waals surface area contributed by atoms with E-state index in [2.05, 4.69) is 0 Å². The molecule has 2 amide bonds. The SMILES string of the molecule is CN(C)C(=O)N1CCc2cccc(-c3ccc(O)c(O)c3)c21. The molecule has 114 valence electrons. The van der Waals surface area contributed by atoms with Gasteiger partial charge in [0.05, 0.1) is 5.69 Å². The third-order valence-corrected chi connectivity index (χ3v) is 3.89. The summed E-state index contributed by atoms with van der Waals surface area (Å²) in [6.07, 6.45) is 0.812. The highest BCUT2D eigenvalue weighted by molar-refractivity contribution is 5.99. The highest BCUT2D eigenvalue weighted by Gasteiger charge is 2.28. The number of carbonyl (C=O) groups excluding carboxylic acids is 1. The van der Waals surface area contributed by atoms with Crippen molar-refractivity contribution < 1.29 is 15.0 Å². The maximum absolute atomic E-state index is 12.4. The fourth-order valence-corrected chi connectivity index (χ4v) is 2.81. The van der Waals surface area contributed by atoms with Gasteiger partial charge in [0.2, 0.25) is 0 Å². The number of aromatic hydroxyl groups is 2. The van der Waals surface area contributed by atoms with Crippen molar-refractivity contribution in [2.24, 2.45) is 0 Å². The van der Waals surface area contributed by atoms with Gasteiger partial charge in [0.15, 0.2) is 11.5 Å². The Hall–Kier alpha value is -2.69. The molecule has 1 heterocycles. The fraction of sp³-hybridized carbons (Fsp3) is 0.235. The van der Waals surface area contributed by atoms with Crippen molar-refractivity contribution in [1.29, 1.82) is 0 Å². The van der Waals surface area contributed by atoms with Crippen LogP contribution in [0, 0.1) is 0 Å². The second kappa shape index (κ2) is 5.26. The van der Waals surface area contributed by atoms with Crippen LogP contribution in [0.4, 0.5) is 10.5 Å². The summed E-state index contributed by atoms with van der Waals surface area (Å²) in [7, 11) is 3.46. The lowest BCUT2D eigenvalue weighted by Crippen LogP contribution is -2.38. The van der Waals surface area contributed by atoms with Gasteiger partial charge in [-0.05, 0) is 29.7 Å². The van der Waals surface area contributed by atoms with Crippen molar-refractivity contribution in [3.8, 4) is 22.6 Å². The molecule has 0 aromatic heterocycles. The summed E-state index contributed by atoms with van der Waals surface area (Å²) < 4.78 is 0. The van der Waals surface area contributed by atoms with Crippen LogP contribution < -0.4 is 4.90 Å². The molecule has 0 spiro atoms. The second-order valence-electron chi connectivity index (χ2n) is 5.60. The largest absolute Gasteiger partial charge is 0.504 e. The van der Waals surface area contributed by atoms with Gasteiger partial charge in [0.25, 0.3) is 0 Å². The molecule has 1 aliphatic heterocycles. The van der Waals surface area contributed by atoms with E-state index < -0.39 is 0 Å². The maximum atomic E-state index is 12.4. The molecular weight excluding hydrogens is 280 g/mol. The lowest BCUT2D eigenvalue weighted by Gasteiger charge is -2.24. The fourth-order valence-electron chi connectivity index (χ4n) is 2.81. The maximum Gasteiger partial charge on any atom is 0.323 e. The Bertz CT molecular complexity index is 741. The normalized spacial score (nSPS) is 13.1. The highest BCUT2D eigenvalue weighted by Crippen LogP contribution is 2.40. The van der Waals surface area contributed by atoms with Crippen LogP contribution in [-0.4, -0.2) is 41.8 Å². The van der Waals surface area contributed by atoms with Crippen LogP contribution >= 0.6 is 0 Å². The number of phenols is 2. The summed E-state index contributed by atoms with van der Waals surface area (Å²) in [5.41, 5.74) is 3.64. The minimum atomic E-state index is -0.168. The van der Waals surface area contributed by atoms with Gasteiger partial charge in [-0.1, -0.05) is 24.3 Å². The van der Waals surface area contributed by atoms with E-state index in [4.69, 9.17) is 0 Å². The van der Waals surface area contributed by atoms with Crippen molar-refractivity contribution in [3.05, 3.63) is 42.0 Å². The first-order chi connectivity index (χ1) is 10.5. The number of carbonyl (C=O) groups is 1. The zero-order valence-corrected chi connectivity index (χ0v) is 12.6. The number of amides is 2. The zero-order chi connectivity index (χ0) is 15.9. The van der Waals surface area contributed by atoms with Gasteiger partial charge in [-0.2, -0.15) is 0 Å². The van der Waals surface area contributed by atoms with Gasteiger partial charge in [-0.15, -0.1) is 0 Å². The van der Waals surface area contributed by atoms with Gasteiger partial charge < -0.3 is 15.1 Å². The molecule has 1 aliphatic rings. The van der Waals surface area contributed by atoms with Crippen LogP contribution in [0.1, 0.15) is 5.56 Å². The number of urea groups is 1.